The molecule has 1 amide bonds. The second kappa shape index (κ2) is 7.84. The number of aryl methyl sites for hydroxylation is 1. The van der Waals surface area contributed by atoms with Gasteiger partial charge in [0.15, 0.2) is 0 Å². The van der Waals surface area contributed by atoms with E-state index in [2.05, 4.69) is 10.5 Å². The molecular weight excluding hydrogens is 307 g/mol. The van der Waals surface area contributed by atoms with Gasteiger partial charge in [-0.15, -0.1) is 11.8 Å². The molecule has 1 atom stereocenters. The first-order valence-corrected chi connectivity index (χ1v) is 7.83. The molecule has 0 aliphatic heterocycles. The van der Waals surface area contributed by atoms with Crippen LogP contribution in [-0.2, 0) is 4.79 Å². The van der Waals surface area contributed by atoms with Gasteiger partial charge in [0.2, 0.25) is 11.8 Å². The van der Waals surface area contributed by atoms with Crippen molar-refractivity contribution < 1.29 is 18.4 Å². The SMILES string of the molecule is Cc1cc(NC(=O)C(C)SCCOc2ccc(F)cc2)on1. The summed E-state index contributed by atoms with van der Waals surface area (Å²) >= 11 is 1.46. The van der Waals surface area contributed by atoms with Crippen LogP contribution >= 0.6 is 11.8 Å². The van der Waals surface area contributed by atoms with Crippen molar-refractivity contribution in [3.8, 4) is 5.75 Å². The Bertz CT molecular complexity index is 616. The molecule has 22 heavy (non-hydrogen) atoms. The van der Waals surface area contributed by atoms with Crippen molar-refractivity contribution in [1.29, 1.82) is 0 Å². The van der Waals surface area contributed by atoms with Crippen LogP contribution < -0.4 is 10.1 Å². The van der Waals surface area contributed by atoms with Gasteiger partial charge >= 0.3 is 0 Å². The first-order valence-electron chi connectivity index (χ1n) is 6.79. The lowest BCUT2D eigenvalue weighted by molar-refractivity contribution is -0.115. The molecule has 0 aliphatic rings. The smallest absolute Gasteiger partial charge is 0.239 e. The molecule has 0 bridgehead atoms. The number of carbonyl (C=O) groups excluding carboxylic acids is 1. The van der Waals surface area contributed by atoms with Crippen molar-refractivity contribution in [2.75, 3.05) is 17.7 Å². The molecule has 5 nitrogen and oxygen atoms in total. The number of hydrogen-bond acceptors (Lipinski definition) is 5. The number of aromatic nitrogens is 1. The second-order valence-electron chi connectivity index (χ2n) is 4.64. The fourth-order valence-corrected chi connectivity index (χ4v) is 2.38. The summed E-state index contributed by atoms with van der Waals surface area (Å²) in [6.07, 6.45) is 0. The Morgan fingerprint density at radius 1 is 1.45 bits per heavy atom. The summed E-state index contributed by atoms with van der Waals surface area (Å²) in [6.45, 7) is 4.03. The fourth-order valence-electron chi connectivity index (χ4n) is 1.64. The maximum absolute atomic E-state index is 12.7. The molecule has 7 heteroatoms. The summed E-state index contributed by atoms with van der Waals surface area (Å²) in [7, 11) is 0. The zero-order valence-corrected chi connectivity index (χ0v) is 13.2. The van der Waals surface area contributed by atoms with Gasteiger partial charge in [0.1, 0.15) is 11.6 Å². The van der Waals surface area contributed by atoms with Gasteiger partial charge in [0.05, 0.1) is 17.6 Å². The van der Waals surface area contributed by atoms with E-state index in [1.807, 2.05) is 0 Å². The number of nitrogens with zero attached hydrogens (tertiary/aromatic N) is 1. The molecule has 1 aromatic heterocycles. The Balaban J connectivity index is 1.67. The van der Waals surface area contributed by atoms with Crippen LogP contribution in [0.15, 0.2) is 34.9 Å². The number of hydrogen-bond donors (Lipinski definition) is 1. The summed E-state index contributed by atoms with van der Waals surface area (Å²) < 4.78 is 23.1. The number of thioether (sulfide) groups is 1. The van der Waals surface area contributed by atoms with Crippen molar-refractivity contribution in [3.05, 3.63) is 41.8 Å². The highest BCUT2D eigenvalue weighted by Crippen LogP contribution is 2.16. The summed E-state index contributed by atoms with van der Waals surface area (Å²) in [5.74, 6) is 1.15. The zero-order chi connectivity index (χ0) is 15.9. The van der Waals surface area contributed by atoms with Crippen LogP contribution in [0.25, 0.3) is 0 Å². The van der Waals surface area contributed by atoms with Crippen molar-refractivity contribution in [1.82, 2.24) is 5.16 Å². The molecule has 0 saturated heterocycles. The normalized spacial score (nSPS) is 12.0. The Labute approximate surface area is 132 Å². The third-order valence-electron chi connectivity index (χ3n) is 2.78. The highest BCUT2D eigenvalue weighted by molar-refractivity contribution is 8.00. The van der Waals surface area contributed by atoms with Crippen LogP contribution in [0.3, 0.4) is 0 Å². The lowest BCUT2D eigenvalue weighted by Gasteiger charge is -2.11. The maximum atomic E-state index is 12.7. The molecule has 118 valence electrons. The molecule has 2 aromatic rings. The van der Waals surface area contributed by atoms with Gasteiger partial charge in [-0.2, -0.15) is 0 Å². The molecule has 0 saturated carbocycles. The monoisotopic (exact) mass is 324 g/mol. The van der Waals surface area contributed by atoms with E-state index in [-0.39, 0.29) is 17.0 Å². The minimum atomic E-state index is -0.297. The van der Waals surface area contributed by atoms with E-state index in [0.29, 0.717) is 29.7 Å². The molecule has 1 aromatic carbocycles. The largest absolute Gasteiger partial charge is 0.493 e. The summed E-state index contributed by atoms with van der Waals surface area (Å²) in [5, 5.41) is 6.11. The number of benzene rings is 1. The minimum absolute atomic E-state index is 0.150. The van der Waals surface area contributed by atoms with E-state index in [9.17, 15) is 9.18 Å². The molecule has 1 unspecified atom stereocenters. The van der Waals surface area contributed by atoms with E-state index in [1.54, 1.807) is 32.0 Å². The van der Waals surface area contributed by atoms with Crippen LogP contribution in [0, 0.1) is 12.7 Å². The van der Waals surface area contributed by atoms with E-state index in [4.69, 9.17) is 9.26 Å². The molecule has 0 fully saturated rings. The predicted molar refractivity (Wildman–Crippen MR) is 83.7 cm³/mol. The zero-order valence-electron chi connectivity index (χ0n) is 12.3. The van der Waals surface area contributed by atoms with E-state index < -0.39 is 0 Å². The number of halogens is 1. The Morgan fingerprint density at radius 2 is 2.18 bits per heavy atom. The maximum Gasteiger partial charge on any atom is 0.239 e. The topological polar surface area (TPSA) is 64.4 Å². The minimum Gasteiger partial charge on any atom is -0.493 e. The van der Waals surface area contributed by atoms with Crippen molar-refractivity contribution in [2.24, 2.45) is 0 Å². The number of carbonyl (C=O) groups is 1. The average molecular weight is 324 g/mol. The van der Waals surface area contributed by atoms with Gasteiger partial charge in [-0.1, -0.05) is 5.16 Å². The van der Waals surface area contributed by atoms with E-state index in [0.717, 1.165) is 0 Å². The van der Waals surface area contributed by atoms with Crippen molar-refractivity contribution >= 4 is 23.6 Å². The molecule has 0 radical (unpaired) electrons. The Morgan fingerprint density at radius 3 is 2.82 bits per heavy atom. The van der Waals surface area contributed by atoms with Crippen LogP contribution in [0.4, 0.5) is 10.3 Å². The van der Waals surface area contributed by atoms with Gasteiger partial charge in [-0.05, 0) is 38.1 Å². The van der Waals surface area contributed by atoms with Crippen LogP contribution in [-0.4, -0.2) is 28.7 Å². The third kappa shape index (κ3) is 5.07. The third-order valence-corrected chi connectivity index (χ3v) is 3.89. The molecule has 1 heterocycles. The van der Waals surface area contributed by atoms with E-state index >= 15 is 0 Å². The van der Waals surface area contributed by atoms with Crippen LogP contribution in [0.5, 0.6) is 5.75 Å². The van der Waals surface area contributed by atoms with Crippen molar-refractivity contribution in [2.45, 2.75) is 19.1 Å². The highest BCUT2D eigenvalue weighted by atomic mass is 32.2. The van der Waals surface area contributed by atoms with Gasteiger partial charge in [-0.3, -0.25) is 10.1 Å². The quantitative estimate of drug-likeness (QED) is 0.792. The lowest BCUT2D eigenvalue weighted by atomic mass is 10.3. The molecular formula is C15H17FN2O3S. The van der Waals surface area contributed by atoms with E-state index in [1.165, 1.54) is 23.9 Å². The lowest BCUT2D eigenvalue weighted by Crippen LogP contribution is -2.23. The molecule has 1 N–H and O–H groups in total. The average Bonchev–Trinajstić information content (AvgIpc) is 2.90. The summed E-state index contributed by atoms with van der Waals surface area (Å²) in [6, 6.07) is 7.49. The number of amides is 1. The number of nitrogens with one attached hydrogen (secondary N) is 1. The van der Waals surface area contributed by atoms with Gasteiger partial charge in [-0.25, -0.2) is 4.39 Å². The summed E-state index contributed by atoms with van der Waals surface area (Å²) in [4.78, 5) is 11.9. The second-order valence-corrected chi connectivity index (χ2v) is 6.09. The van der Waals surface area contributed by atoms with Gasteiger partial charge < -0.3 is 9.26 Å². The highest BCUT2D eigenvalue weighted by Gasteiger charge is 2.15. The van der Waals surface area contributed by atoms with Crippen molar-refractivity contribution in [3.63, 3.8) is 0 Å². The summed E-state index contributed by atoms with van der Waals surface area (Å²) in [5.41, 5.74) is 0.711. The first kappa shape index (κ1) is 16.4. The fraction of sp³-hybridized carbons (Fsp3) is 0.333. The number of anilines is 1. The Hall–Kier alpha value is -2.02. The number of rotatable bonds is 7. The van der Waals surface area contributed by atoms with Crippen LogP contribution in [0.2, 0.25) is 0 Å². The predicted octanol–water partition coefficient (Wildman–Crippen LogP) is 3.26. The Kier molecular flexibility index (Phi) is 5.83. The first-order chi connectivity index (χ1) is 10.5. The standard InChI is InChI=1S/C15H17FN2O3S/c1-10-9-14(21-18-10)17-15(19)11(2)22-8-7-20-13-5-3-12(16)4-6-13/h3-6,9,11H,7-8H2,1-2H3,(H,17,19). The van der Waals surface area contributed by atoms with Gasteiger partial charge in [0.25, 0.3) is 0 Å². The molecule has 2 rings (SSSR count). The van der Waals surface area contributed by atoms with Gasteiger partial charge in [0, 0.05) is 11.8 Å². The molecule has 0 aliphatic carbocycles. The molecule has 0 spiro atoms. The van der Waals surface area contributed by atoms with Crippen LogP contribution in [0.1, 0.15) is 12.6 Å². The number of ether oxygens (including phenoxy) is 1.